The summed E-state index contributed by atoms with van der Waals surface area (Å²) in [6, 6.07) is 8.68. The number of carbonyl (C=O) groups is 1. The first-order chi connectivity index (χ1) is 14.1. The molecule has 1 aliphatic rings. The van der Waals surface area contributed by atoms with E-state index in [0.717, 1.165) is 55.5 Å². The minimum absolute atomic E-state index is 0.407. The van der Waals surface area contributed by atoms with Crippen LogP contribution in [0.1, 0.15) is 62.4 Å². The molecule has 0 spiro atoms. The van der Waals surface area contributed by atoms with E-state index in [1.54, 1.807) is 0 Å². The van der Waals surface area contributed by atoms with Crippen LogP contribution in [0.25, 0.3) is 10.9 Å². The molecule has 1 fully saturated rings. The number of hydrogen-bond donors (Lipinski definition) is 3. The van der Waals surface area contributed by atoms with Crippen molar-refractivity contribution in [3.05, 3.63) is 35.4 Å². The molecule has 160 valence electrons. The molecule has 29 heavy (non-hydrogen) atoms. The maximum Gasteiger partial charge on any atom is 0.252 e. The number of pyridine rings is 1. The standard InChI is InChI=1S/C21H30N4O2.C2H6/c1-3-16(24-17-5-4-10-27-13-17)8-9-23-21-18(20(22)26)12-15-11-14(2)6-7-19(15)25-21;1-2/h6-7,11-12,16-17,24H,3-5,8-10,13H2,1-2H3,(H2,22,26)(H,23,25);1-2H3. The van der Waals surface area contributed by atoms with Gasteiger partial charge < -0.3 is 21.1 Å². The summed E-state index contributed by atoms with van der Waals surface area (Å²) < 4.78 is 5.55. The van der Waals surface area contributed by atoms with Gasteiger partial charge in [0.05, 0.1) is 17.7 Å². The fourth-order valence-corrected chi connectivity index (χ4v) is 3.59. The first-order valence-corrected chi connectivity index (χ1v) is 10.9. The molecule has 4 N–H and O–H groups in total. The van der Waals surface area contributed by atoms with E-state index < -0.39 is 5.91 Å². The number of rotatable bonds is 8. The van der Waals surface area contributed by atoms with Crippen LogP contribution >= 0.6 is 0 Å². The van der Waals surface area contributed by atoms with Crippen molar-refractivity contribution < 1.29 is 9.53 Å². The molecule has 2 heterocycles. The Hall–Kier alpha value is -2.18. The van der Waals surface area contributed by atoms with E-state index in [1.165, 1.54) is 6.42 Å². The number of hydrogen-bond acceptors (Lipinski definition) is 5. The molecule has 0 radical (unpaired) electrons. The van der Waals surface area contributed by atoms with Crippen LogP contribution in [-0.4, -0.2) is 42.7 Å². The number of amides is 1. The molecule has 0 aliphatic carbocycles. The van der Waals surface area contributed by atoms with Crippen molar-refractivity contribution in [3.63, 3.8) is 0 Å². The maximum atomic E-state index is 11.9. The molecule has 0 saturated carbocycles. The molecule has 1 aromatic carbocycles. The third kappa shape index (κ3) is 6.68. The van der Waals surface area contributed by atoms with Crippen molar-refractivity contribution in [2.24, 2.45) is 5.73 Å². The summed E-state index contributed by atoms with van der Waals surface area (Å²) in [6.45, 7) is 10.6. The van der Waals surface area contributed by atoms with E-state index >= 15 is 0 Å². The highest BCUT2D eigenvalue weighted by Crippen LogP contribution is 2.21. The number of primary amides is 1. The molecule has 0 bridgehead atoms. The van der Waals surface area contributed by atoms with Crippen LogP contribution in [0.2, 0.25) is 0 Å². The summed E-state index contributed by atoms with van der Waals surface area (Å²) in [5.74, 6) is 0.104. The molecular weight excluding hydrogens is 364 g/mol. The second-order valence-electron chi connectivity index (χ2n) is 7.35. The molecule has 1 amide bonds. The highest BCUT2D eigenvalue weighted by Gasteiger charge is 2.18. The maximum absolute atomic E-state index is 11.9. The van der Waals surface area contributed by atoms with Crippen LogP contribution < -0.4 is 16.4 Å². The van der Waals surface area contributed by atoms with Gasteiger partial charge in [-0.15, -0.1) is 0 Å². The Balaban J connectivity index is 0.00000145. The Bertz CT molecular complexity index is 788. The Kier molecular flexibility index (Phi) is 9.35. The lowest BCUT2D eigenvalue weighted by Crippen LogP contribution is -2.43. The lowest BCUT2D eigenvalue weighted by Gasteiger charge is -2.28. The molecule has 1 aliphatic heterocycles. The fourth-order valence-electron chi connectivity index (χ4n) is 3.59. The predicted octanol–water partition coefficient (Wildman–Crippen LogP) is 4.02. The van der Waals surface area contributed by atoms with Crippen LogP contribution in [0.15, 0.2) is 24.3 Å². The largest absolute Gasteiger partial charge is 0.380 e. The van der Waals surface area contributed by atoms with Gasteiger partial charge in [0, 0.05) is 30.6 Å². The zero-order valence-corrected chi connectivity index (χ0v) is 18.3. The molecule has 1 saturated heterocycles. The van der Waals surface area contributed by atoms with Gasteiger partial charge in [0.25, 0.3) is 5.91 Å². The van der Waals surface area contributed by atoms with Crippen LogP contribution in [0, 0.1) is 6.92 Å². The van der Waals surface area contributed by atoms with Gasteiger partial charge in [-0.1, -0.05) is 32.4 Å². The molecule has 2 unspecified atom stereocenters. The molecule has 6 nitrogen and oxygen atoms in total. The number of fused-ring (bicyclic) bond motifs is 1. The fraction of sp³-hybridized carbons (Fsp3) is 0.565. The molecule has 1 aromatic heterocycles. The van der Waals surface area contributed by atoms with E-state index in [9.17, 15) is 4.79 Å². The average molecular weight is 401 g/mol. The van der Waals surface area contributed by atoms with Gasteiger partial charge in [0.15, 0.2) is 0 Å². The number of nitrogens with zero attached hydrogens (tertiary/aromatic N) is 1. The number of carbonyl (C=O) groups excluding carboxylic acids is 1. The number of ether oxygens (including phenoxy) is 1. The molecule has 3 rings (SSSR count). The van der Waals surface area contributed by atoms with E-state index in [1.807, 2.05) is 45.0 Å². The normalized spacial score (nSPS) is 17.3. The van der Waals surface area contributed by atoms with Gasteiger partial charge in [-0.05, 0) is 50.8 Å². The Morgan fingerprint density at radius 2 is 2.14 bits per heavy atom. The number of aryl methyl sites for hydroxylation is 1. The van der Waals surface area contributed by atoms with Gasteiger partial charge in [-0.2, -0.15) is 0 Å². The van der Waals surface area contributed by atoms with Crippen molar-refractivity contribution >= 4 is 22.6 Å². The molecule has 6 heteroatoms. The van der Waals surface area contributed by atoms with Crippen molar-refractivity contribution in [3.8, 4) is 0 Å². The third-order valence-electron chi connectivity index (χ3n) is 5.15. The zero-order chi connectivity index (χ0) is 21.2. The van der Waals surface area contributed by atoms with Crippen molar-refractivity contribution in [2.75, 3.05) is 25.1 Å². The first kappa shape index (κ1) is 23.1. The number of nitrogens with two attached hydrogens (primary N) is 1. The highest BCUT2D eigenvalue weighted by atomic mass is 16.5. The second kappa shape index (κ2) is 11.7. The highest BCUT2D eigenvalue weighted by molar-refractivity contribution is 6.01. The van der Waals surface area contributed by atoms with Crippen LogP contribution in [0.5, 0.6) is 0 Å². The lowest BCUT2D eigenvalue weighted by molar-refractivity contribution is 0.0658. The molecular formula is C23H36N4O2. The number of nitrogens with one attached hydrogen (secondary N) is 2. The van der Waals surface area contributed by atoms with Crippen molar-refractivity contribution in [1.29, 1.82) is 0 Å². The summed E-state index contributed by atoms with van der Waals surface area (Å²) in [4.78, 5) is 16.5. The van der Waals surface area contributed by atoms with Crippen LogP contribution in [0.3, 0.4) is 0 Å². The monoisotopic (exact) mass is 400 g/mol. The Morgan fingerprint density at radius 1 is 1.34 bits per heavy atom. The van der Waals surface area contributed by atoms with E-state index in [2.05, 4.69) is 22.5 Å². The quantitative estimate of drug-likeness (QED) is 0.623. The van der Waals surface area contributed by atoms with Gasteiger partial charge >= 0.3 is 0 Å². The van der Waals surface area contributed by atoms with Crippen LogP contribution in [-0.2, 0) is 4.74 Å². The second-order valence-corrected chi connectivity index (χ2v) is 7.35. The predicted molar refractivity (Wildman–Crippen MR) is 121 cm³/mol. The summed E-state index contributed by atoms with van der Waals surface area (Å²) >= 11 is 0. The Labute approximate surface area is 174 Å². The average Bonchev–Trinajstić information content (AvgIpc) is 2.74. The summed E-state index contributed by atoms with van der Waals surface area (Å²) in [5.41, 5.74) is 8.01. The summed E-state index contributed by atoms with van der Waals surface area (Å²) in [5, 5.41) is 7.94. The lowest BCUT2D eigenvalue weighted by atomic mass is 10.1. The van der Waals surface area contributed by atoms with E-state index in [4.69, 9.17) is 10.5 Å². The molecule has 2 atom stereocenters. The summed E-state index contributed by atoms with van der Waals surface area (Å²) in [7, 11) is 0. The number of anilines is 1. The minimum Gasteiger partial charge on any atom is -0.380 e. The topological polar surface area (TPSA) is 89.3 Å². The SMILES string of the molecule is CC.CCC(CCNc1nc2ccc(C)cc2cc1C(N)=O)NC1CCCOC1. The van der Waals surface area contributed by atoms with Gasteiger partial charge in [-0.3, -0.25) is 4.79 Å². The summed E-state index contributed by atoms with van der Waals surface area (Å²) in [6.07, 6.45) is 4.28. The van der Waals surface area contributed by atoms with Gasteiger partial charge in [0.2, 0.25) is 0 Å². The molecule has 2 aromatic rings. The van der Waals surface area contributed by atoms with Crippen molar-refractivity contribution in [2.45, 2.75) is 65.5 Å². The zero-order valence-electron chi connectivity index (χ0n) is 18.3. The van der Waals surface area contributed by atoms with Crippen LogP contribution in [0.4, 0.5) is 5.82 Å². The minimum atomic E-state index is -0.460. The third-order valence-corrected chi connectivity index (χ3v) is 5.15. The first-order valence-electron chi connectivity index (χ1n) is 10.9. The van der Waals surface area contributed by atoms with Gasteiger partial charge in [-0.25, -0.2) is 4.98 Å². The van der Waals surface area contributed by atoms with E-state index in [-0.39, 0.29) is 0 Å². The Morgan fingerprint density at radius 3 is 2.79 bits per heavy atom. The van der Waals surface area contributed by atoms with Gasteiger partial charge in [0.1, 0.15) is 5.82 Å². The number of aromatic nitrogens is 1. The van der Waals surface area contributed by atoms with E-state index in [0.29, 0.717) is 23.5 Å². The van der Waals surface area contributed by atoms with Crippen molar-refractivity contribution in [1.82, 2.24) is 10.3 Å². The smallest absolute Gasteiger partial charge is 0.252 e. The number of benzene rings is 1.